The van der Waals surface area contributed by atoms with Crippen LogP contribution in [0.4, 0.5) is 5.69 Å². The highest BCUT2D eigenvalue weighted by Gasteiger charge is 2.44. The summed E-state index contributed by atoms with van der Waals surface area (Å²) in [7, 11) is 0. The van der Waals surface area contributed by atoms with Crippen molar-refractivity contribution in [1.82, 2.24) is 4.98 Å². The maximum absolute atomic E-state index is 12.9. The predicted molar refractivity (Wildman–Crippen MR) is 105 cm³/mol. The lowest BCUT2D eigenvalue weighted by molar-refractivity contribution is -0.118. The fourth-order valence-corrected chi connectivity index (χ4v) is 3.67. The number of hydrogen-bond donors (Lipinski definition) is 2. The van der Waals surface area contributed by atoms with Crippen molar-refractivity contribution in [2.75, 3.05) is 4.90 Å². The zero-order valence-electron chi connectivity index (χ0n) is 15.2. The first kappa shape index (κ1) is 17.1. The van der Waals surface area contributed by atoms with E-state index in [0.29, 0.717) is 5.69 Å². The molecule has 3 aromatic rings. The Morgan fingerprint density at radius 2 is 1.85 bits per heavy atom. The van der Waals surface area contributed by atoms with Gasteiger partial charge in [-0.3, -0.25) is 14.5 Å². The van der Waals surface area contributed by atoms with Crippen molar-refractivity contribution in [1.29, 1.82) is 0 Å². The Bertz CT molecular complexity index is 1080. The molecule has 0 radical (unpaired) electrons. The minimum absolute atomic E-state index is 0.160. The number of aliphatic hydroxyl groups excluding tert-OH is 1. The van der Waals surface area contributed by atoms with Gasteiger partial charge in [0.1, 0.15) is 0 Å². The number of carbonyl (C=O) groups is 2. The highest BCUT2D eigenvalue weighted by Crippen LogP contribution is 2.43. The third kappa shape index (κ3) is 2.63. The van der Waals surface area contributed by atoms with Crippen LogP contribution in [0.5, 0.6) is 0 Å². The van der Waals surface area contributed by atoms with Crippen molar-refractivity contribution in [3.8, 4) is 0 Å². The van der Waals surface area contributed by atoms with Crippen molar-refractivity contribution in [2.24, 2.45) is 0 Å². The van der Waals surface area contributed by atoms with Crippen LogP contribution >= 0.6 is 0 Å². The Morgan fingerprint density at radius 3 is 2.56 bits per heavy atom. The number of para-hydroxylation sites is 1. The number of nitrogens with one attached hydrogen (secondary N) is 1. The molecular weight excluding hydrogens is 340 g/mol. The molecule has 1 amide bonds. The third-order valence-electron chi connectivity index (χ3n) is 5.06. The average Bonchev–Trinajstić information content (AvgIpc) is 3.21. The minimum atomic E-state index is -0.663. The van der Waals surface area contributed by atoms with Gasteiger partial charge in [0.25, 0.3) is 5.91 Å². The number of rotatable bonds is 4. The lowest BCUT2D eigenvalue weighted by Gasteiger charge is -2.26. The van der Waals surface area contributed by atoms with E-state index in [1.54, 1.807) is 6.92 Å². The first-order chi connectivity index (χ1) is 13.0. The fraction of sp³-hybridized carbons (Fsp3) is 0.182. The molecule has 2 heterocycles. The van der Waals surface area contributed by atoms with Gasteiger partial charge in [0.05, 0.1) is 11.6 Å². The summed E-state index contributed by atoms with van der Waals surface area (Å²) in [6, 6.07) is 14.5. The van der Waals surface area contributed by atoms with Gasteiger partial charge in [0.2, 0.25) is 0 Å². The minimum Gasteiger partial charge on any atom is -0.503 e. The van der Waals surface area contributed by atoms with E-state index in [-0.39, 0.29) is 17.8 Å². The number of Topliss-reactive ketones (excluding diaryl/α,β-unsaturated/α-hetero) is 1. The van der Waals surface area contributed by atoms with E-state index < -0.39 is 17.7 Å². The summed E-state index contributed by atoms with van der Waals surface area (Å²) in [6.07, 6.45) is 2.03. The topological polar surface area (TPSA) is 73.4 Å². The molecule has 1 aliphatic rings. The lowest BCUT2D eigenvalue weighted by atomic mass is 9.94. The molecule has 0 spiro atoms. The quantitative estimate of drug-likeness (QED) is 0.726. The molecule has 5 heteroatoms. The number of aromatic nitrogens is 1. The predicted octanol–water partition coefficient (Wildman–Crippen LogP) is 4.36. The summed E-state index contributed by atoms with van der Waals surface area (Å²) in [4.78, 5) is 30.3. The number of carbonyl (C=O) groups excluding carboxylic acids is 2. The maximum Gasteiger partial charge on any atom is 0.294 e. The van der Waals surface area contributed by atoms with Crippen molar-refractivity contribution >= 4 is 28.3 Å². The van der Waals surface area contributed by atoms with E-state index in [4.69, 9.17) is 0 Å². The number of anilines is 1. The number of aromatic amines is 1. The molecule has 1 atom stereocenters. The zero-order chi connectivity index (χ0) is 19.1. The number of aliphatic hydroxyl groups is 1. The highest BCUT2D eigenvalue weighted by atomic mass is 16.3. The van der Waals surface area contributed by atoms with Crippen LogP contribution in [0.2, 0.25) is 0 Å². The summed E-state index contributed by atoms with van der Waals surface area (Å²) in [5, 5.41) is 11.5. The maximum atomic E-state index is 12.9. The molecule has 136 valence electrons. The molecule has 0 saturated carbocycles. The molecule has 0 aliphatic carbocycles. The van der Waals surface area contributed by atoms with Gasteiger partial charge in [-0.2, -0.15) is 0 Å². The van der Waals surface area contributed by atoms with Gasteiger partial charge in [-0.15, -0.1) is 0 Å². The number of fused-ring (bicyclic) bond motifs is 1. The van der Waals surface area contributed by atoms with Crippen molar-refractivity contribution in [3.63, 3.8) is 0 Å². The van der Waals surface area contributed by atoms with E-state index in [1.165, 1.54) is 4.90 Å². The van der Waals surface area contributed by atoms with Gasteiger partial charge in [0, 0.05) is 34.8 Å². The number of nitrogens with zero attached hydrogens (tertiary/aromatic N) is 1. The molecular formula is C22H20N2O3. The van der Waals surface area contributed by atoms with Gasteiger partial charge >= 0.3 is 0 Å². The Kier molecular flexibility index (Phi) is 4.07. The van der Waals surface area contributed by atoms with Crippen LogP contribution in [0.15, 0.2) is 66.1 Å². The van der Waals surface area contributed by atoms with Crippen LogP contribution in [0.25, 0.3) is 10.9 Å². The molecule has 0 saturated heterocycles. The number of H-pyrrole nitrogens is 1. The van der Waals surface area contributed by atoms with E-state index in [9.17, 15) is 14.7 Å². The highest BCUT2D eigenvalue weighted by molar-refractivity contribution is 6.17. The Hall–Kier alpha value is -3.34. The van der Waals surface area contributed by atoms with E-state index in [1.807, 2.05) is 61.7 Å². The zero-order valence-corrected chi connectivity index (χ0v) is 15.2. The lowest BCUT2D eigenvalue weighted by Crippen LogP contribution is -2.30. The van der Waals surface area contributed by atoms with Crippen LogP contribution in [0.3, 0.4) is 0 Å². The second-order valence-electron chi connectivity index (χ2n) is 6.74. The van der Waals surface area contributed by atoms with Crippen molar-refractivity contribution in [2.45, 2.75) is 26.3 Å². The molecule has 1 unspecified atom stereocenters. The van der Waals surface area contributed by atoms with Crippen LogP contribution in [-0.2, 0) is 9.59 Å². The van der Waals surface area contributed by atoms with Crippen LogP contribution < -0.4 is 4.90 Å². The van der Waals surface area contributed by atoms with Crippen LogP contribution in [0.1, 0.15) is 30.5 Å². The van der Waals surface area contributed by atoms with Gasteiger partial charge in [0.15, 0.2) is 11.5 Å². The summed E-state index contributed by atoms with van der Waals surface area (Å²) in [5.41, 5.74) is 3.58. The molecule has 4 rings (SSSR count). The second-order valence-corrected chi connectivity index (χ2v) is 6.74. The molecule has 5 nitrogen and oxygen atoms in total. The molecule has 1 aromatic heterocycles. The number of ketones is 1. The van der Waals surface area contributed by atoms with E-state index >= 15 is 0 Å². The fourth-order valence-electron chi connectivity index (χ4n) is 3.67. The normalized spacial score (nSPS) is 17.2. The number of benzene rings is 2. The van der Waals surface area contributed by atoms with Crippen molar-refractivity contribution < 1.29 is 14.7 Å². The molecule has 2 N–H and O–H groups in total. The summed E-state index contributed by atoms with van der Waals surface area (Å²) >= 11 is 0. The van der Waals surface area contributed by atoms with Gasteiger partial charge in [-0.1, -0.05) is 42.8 Å². The molecule has 1 aliphatic heterocycles. The average molecular weight is 360 g/mol. The number of aryl methyl sites for hydroxylation is 1. The smallest absolute Gasteiger partial charge is 0.294 e. The van der Waals surface area contributed by atoms with E-state index in [2.05, 4.69) is 4.98 Å². The number of amides is 1. The Labute approximate surface area is 156 Å². The molecule has 2 aromatic carbocycles. The van der Waals surface area contributed by atoms with Gasteiger partial charge in [-0.25, -0.2) is 0 Å². The number of hydrogen-bond acceptors (Lipinski definition) is 3. The SMILES string of the molecule is CCC(=O)C1=C(O)C(=O)N(c2ccc(C)cc2)C1c1c[nH]c2ccccc12. The third-order valence-corrected chi connectivity index (χ3v) is 5.06. The monoisotopic (exact) mass is 360 g/mol. The van der Waals surface area contributed by atoms with E-state index in [0.717, 1.165) is 22.0 Å². The van der Waals surface area contributed by atoms with Gasteiger partial charge in [-0.05, 0) is 25.1 Å². The molecule has 0 bridgehead atoms. The van der Waals surface area contributed by atoms with Crippen LogP contribution in [-0.4, -0.2) is 21.8 Å². The largest absolute Gasteiger partial charge is 0.503 e. The van der Waals surface area contributed by atoms with Gasteiger partial charge < -0.3 is 10.1 Å². The Morgan fingerprint density at radius 1 is 1.15 bits per heavy atom. The first-order valence-electron chi connectivity index (χ1n) is 8.95. The molecule has 0 fully saturated rings. The summed E-state index contributed by atoms with van der Waals surface area (Å²) in [5.74, 6) is -1.24. The second kappa shape index (κ2) is 6.43. The Balaban J connectivity index is 1.94. The van der Waals surface area contributed by atoms with Crippen molar-refractivity contribution in [3.05, 3.63) is 77.2 Å². The summed E-state index contributed by atoms with van der Waals surface area (Å²) < 4.78 is 0. The standard InChI is InChI=1S/C22H20N2O3/c1-3-18(25)19-20(16-12-23-17-7-5-4-6-15(16)17)24(22(27)21(19)26)14-10-8-13(2)9-11-14/h4-12,20,23,26H,3H2,1-2H3. The van der Waals surface area contributed by atoms with Crippen LogP contribution in [0, 0.1) is 6.92 Å². The molecule has 27 heavy (non-hydrogen) atoms. The summed E-state index contributed by atoms with van der Waals surface area (Å²) in [6.45, 7) is 3.70. The first-order valence-corrected chi connectivity index (χ1v) is 8.95.